The summed E-state index contributed by atoms with van der Waals surface area (Å²) in [6.45, 7) is 4.69. The standard InChI is InChI=1S/C17H17FN2/c1-12-8-14(10-19)6-7-16(12)11-20-13(2)15-4-3-5-17(18)9-15/h3-9,13,20H,11H2,1-2H3/t13-/m0/s1. The highest BCUT2D eigenvalue weighted by Gasteiger charge is 2.07. The first-order valence-electron chi connectivity index (χ1n) is 6.58. The summed E-state index contributed by atoms with van der Waals surface area (Å²) >= 11 is 0. The van der Waals surface area contributed by atoms with E-state index in [1.807, 2.05) is 38.1 Å². The molecule has 0 saturated carbocycles. The van der Waals surface area contributed by atoms with Gasteiger partial charge in [0.1, 0.15) is 5.82 Å². The van der Waals surface area contributed by atoms with E-state index in [1.54, 1.807) is 12.1 Å². The van der Waals surface area contributed by atoms with E-state index >= 15 is 0 Å². The van der Waals surface area contributed by atoms with Crippen molar-refractivity contribution < 1.29 is 4.39 Å². The van der Waals surface area contributed by atoms with Gasteiger partial charge in [-0.2, -0.15) is 5.26 Å². The number of hydrogen-bond donors (Lipinski definition) is 1. The maximum atomic E-state index is 13.2. The van der Waals surface area contributed by atoms with E-state index in [1.165, 1.54) is 6.07 Å². The SMILES string of the molecule is Cc1cc(C#N)ccc1CN[C@@H](C)c1cccc(F)c1. The third-order valence-electron chi connectivity index (χ3n) is 3.42. The number of rotatable bonds is 4. The second kappa shape index (κ2) is 6.31. The zero-order valence-electron chi connectivity index (χ0n) is 11.7. The zero-order valence-corrected chi connectivity index (χ0v) is 11.7. The number of nitrogens with one attached hydrogen (secondary N) is 1. The van der Waals surface area contributed by atoms with Crippen LogP contribution in [-0.4, -0.2) is 0 Å². The van der Waals surface area contributed by atoms with E-state index in [2.05, 4.69) is 11.4 Å². The fourth-order valence-corrected chi connectivity index (χ4v) is 2.12. The molecule has 0 aliphatic heterocycles. The van der Waals surface area contributed by atoms with Gasteiger partial charge in [-0.05, 0) is 54.8 Å². The normalized spacial score (nSPS) is 11.9. The predicted molar refractivity (Wildman–Crippen MR) is 77.5 cm³/mol. The molecule has 1 N–H and O–H groups in total. The van der Waals surface area contributed by atoms with Crippen molar-refractivity contribution in [1.82, 2.24) is 5.32 Å². The first kappa shape index (κ1) is 14.2. The fraction of sp³-hybridized carbons (Fsp3) is 0.235. The minimum atomic E-state index is -0.217. The van der Waals surface area contributed by atoms with E-state index in [-0.39, 0.29) is 11.9 Å². The number of benzene rings is 2. The summed E-state index contributed by atoms with van der Waals surface area (Å²) in [5.41, 5.74) is 3.83. The summed E-state index contributed by atoms with van der Waals surface area (Å²) in [5.74, 6) is -0.217. The second-order valence-electron chi connectivity index (χ2n) is 4.91. The third kappa shape index (κ3) is 3.43. The molecule has 0 radical (unpaired) electrons. The van der Waals surface area contributed by atoms with E-state index in [0.717, 1.165) is 16.7 Å². The van der Waals surface area contributed by atoms with Crippen molar-refractivity contribution in [3.05, 3.63) is 70.5 Å². The van der Waals surface area contributed by atoms with Crippen molar-refractivity contribution in [1.29, 1.82) is 5.26 Å². The molecule has 0 fully saturated rings. The number of hydrogen-bond acceptors (Lipinski definition) is 2. The maximum Gasteiger partial charge on any atom is 0.123 e. The van der Waals surface area contributed by atoms with E-state index in [4.69, 9.17) is 5.26 Å². The Morgan fingerprint density at radius 1 is 1.25 bits per heavy atom. The van der Waals surface area contributed by atoms with Crippen LogP contribution in [-0.2, 0) is 6.54 Å². The molecule has 20 heavy (non-hydrogen) atoms. The van der Waals surface area contributed by atoms with Crippen LogP contribution in [0.25, 0.3) is 0 Å². The number of aryl methyl sites for hydroxylation is 1. The predicted octanol–water partition coefficient (Wildman–Crippen LogP) is 3.86. The van der Waals surface area contributed by atoms with Gasteiger partial charge in [-0.15, -0.1) is 0 Å². The molecule has 0 aliphatic carbocycles. The Morgan fingerprint density at radius 2 is 2.05 bits per heavy atom. The number of nitriles is 1. The lowest BCUT2D eigenvalue weighted by molar-refractivity contribution is 0.564. The highest BCUT2D eigenvalue weighted by Crippen LogP contribution is 2.16. The van der Waals surface area contributed by atoms with Crippen molar-refractivity contribution >= 4 is 0 Å². The van der Waals surface area contributed by atoms with Gasteiger partial charge in [0.2, 0.25) is 0 Å². The monoisotopic (exact) mass is 268 g/mol. The topological polar surface area (TPSA) is 35.8 Å². The Hall–Kier alpha value is -2.18. The quantitative estimate of drug-likeness (QED) is 0.914. The molecule has 2 nitrogen and oxygen atoms in total. The Labute approximate surface area is 118 Å². The molecule has 3 heteroatoms. The Bertz CT molecular complexity index is 644. The van der Waals surface area contributed by atoms with Crippen molar-refractivity contribution in [2.75, 3.05) is 0 Å². The average molecular weight is 268 g/mol. The molecule has 0 aliphatic rings. The summed E-state index contributed by atoms with van der Waals surface area (Å²) in [4.78, 5) is 0. The molecular weight excluding hydrogens is 251 g/mol. The van der Waals surface area contributed by atoms with Gasteiger partial charge in [0.15, 0.2) is 0 Å². The Kier molecular flexibility index (Phi) is 4.49. The van der Waals surface area contributed by atoms with Gasteiger partial charge in [-0.1, -0.05) is 18.2 Å². The van der Waals surface area contributed by atoms with E-state index < -0.39 is 0 Å². The van der Waals surface area contributed by atoms with Crippen molar-refractivity contribution in [3.8, 4) is 6.07 Å². The van der Waals surface area contributed by atoms with E-state index in [0.29, 0.717) is 12.1 Å². The molecule has 0 aromatic heterocycles. The first-order chi connectivity index (χ1) is 9.60. The number of nitrogens with zero attached hydrogens (tertiary/aromatic N) is 1. The summed E-state index contributed by atoms with van der Waals surface area (Å²) in [6.07, 6.45) is 0. The van der Waals surface area contributed by atoms with Crippen molar-refractivity contribution in [2.45, 2.75) is 26.4 Å². The zero-order chi connectivity index (χ0) is 14.5. The average Bonchev–Trinajstić information content (AvgIpc) is 2.45. The summed E-state index contributed by atoms with van der Waals surface area (Å²) in [6, 6.07) is 14.5. The van der Waals surface area contributed by atoms with Crippen molar-refractivity contribution in [3.63, 3.8) is 0 Å². The number of halogens is 1. The summed E-state index contributed by atoms with van der Waals surface area (Å²) in [5, 5.41) is 12.2. The van der Waals surface area contributed by atoms with Crippen LogP contribution >= 0.6 is 0 Å². The summed E-state index contributed by atoms with van der Waals surface area (Å²) in [7, 11) is 0. The lowest BCUT2D eigenvalue weighted by Crippen LogP contribution is -2.18. The largest absolute Gasteiger partial charge is 0.306 e. The van der Waals surface area contributed by atoms with Crippen LogP contribution in [0.1, 0.15) is 35.2 Å². The van der Waals surface area contributed by atoms with Crippen LogP contribution in [0.3, 0.4) is 0 Å². The maximum absolute atomic E-state index is 13.2. The van der Waals surface area contributed by atoms with Gasteiger partial charge in [0.25, 0.3) is 0 Å². The van der Waals surface area contributed by atoms with Gasteiger partial charge < -0.3 is 5.32 Å². The molecule has 2 aromatic carbocycles. The second-order valence-corrected chi connectivity index (χ2v) is 4.91. The van der Waals surface area contributed by atoms with E-state index in [9.17, 15) is 4.39 Å². The third-order valence-corrected chi connectivity index (χ3v) is 3.42. The minimum absolute atomic E-state index is 0.0701. The molecule has 0 heterocycles. The highest BCUT2D eigenvalue weighted by molar-refractivity contribution is 5.37. The van der Waals surface area contributed by atoms with Crippen LogP contribution in [0, 0.1) is 24.1 Å². The van der Waals surface area contributed by atoms with Gasteiger partial charge in [-0.3, -0.25) is 0 Å². The van der Waals surface area contributed by atoms with Gasteiger partial charge >= 0.3 is 0 Å². The smallest absolute Gasteiger partial charge is 0.123 e. The molecule has 2 aromatic rings. The molecule has 1 atom stereocenters. The molecule has 2 rings (SSSR count). The fourth-order valence-electron chi connectivity index (χ4n) is 2.12. The molecule has 102 valence electrons. The van der Waals surface area contributed by atoms with Crippen molar-refractivity contribution in [2.24, 2.45) is 0 Å². The molecule has 0 unspecified atom stereocenters. The minimum Gasteiger partial charge on any atom is -0.306 e. The first-order valence-corrected chi connectivity index (χ1v) is 6.58. The Balaban J connectivity index is 2.04. The summed E-state index contributed by atoms with van der Waals surface area (Å²) < 4.78 is 13.2. The molecule has 0 saturated heterocycles. The van der Waals surface area contributed by atoms with Gasteiger partial charge in [-0.25, -0.2) is 4.39 Å². The van der Waals surface area contributed by atoms with Crippen LogP contribution in [0.2, 0.25) is 0 Å². The van der Waals surface area contributed by atoms with Crippen LogP contribution < -0.4 is 5.32 Å². The lowest BCUT2D eigenvalue weighted by atomic mass is 10.0. The van der Waals surface area contributed by atoms with Crippen LogP contribution in [0.15, 0.2) is 42.5 Å². The van der Waals surface area contributed by atoms with Crippen LogP contribution in [0.5, 0.6) is 0 Å². The lowest BCUT2D eigenvalue weighted by Gasteiger charge is -2.15. The van der Waals surface area contributed by atoms with Crippen LogP contribution in [0.4, 0.5) is 4.39 Å². The molecule has 0 spiro atoms. The molecular formula is C17H17FN2. The van der Waals surface area contributed by atoms with Gasteiger partial charge in [0.05, 0.1) is 11.6 Å². The van der Waals surface area contributed by atoms with Gasteiger partial charge in [0, 0.05) is 12.6 Å². The molecule has 0 bridgehead atoms. The highest BCUT2D eigenvalue weighted by atomic mass is 19.1. The Morgan fingerprint density at radius 3 is 2.70 bits per heavy atom. The molecule has 0 amide bonds.